The van der Waals surface area contributed by atoms with Crippen LogP contribution in [-0.2, 0) is 27.2 Å². The van der Waals surface area contributed by atoms with Crippen LogP contribution in [-0.4, -0.2) is 43.7 Å². The first kappa shape index (κ1) is 30.7. The summed E-state index contributed by atoms with van der Waals surface area (Å²) in [7, 11) is 1.83. The molecule has 0 aliphatic rings. The zero-order valence-electron chi connectivity index (χ0n) is 23.2. The number of carbonyl (C=O) groups is 3. The van der Waals surface area contributed by atoms with Gasteiger partial charge >= 0.3 is 12.1 Å². The van der Waals surface area contributed by atoms with Crippen molar-refractivity contribution in [2.24, 2.45) is 0 Å². The zero-order valence-corrected chi connectivity index (χ0v) is 23.2. The standard InChI is InChI=1S/C30H43N3O5/c1-30(2,3)38-29(36)33-21-20-32-27(34)15-9-7-5-6-8-12-23-16-18-25(19-17-23)37-28(35)22-24-13-10-11-14-26(24)31-4/h10-11,13-14,16-19,31H,5-9,12,15,20-22H2,1-4H3,(H,32,34)(H,33,36). The van der Waals surface area contributed by atoms with E-state index in [4.69, 9.17) is 9.47 Å². The molecule has 0 aliphatic heterocycles. The molecule has 2 amide bonds. The number of rotatable bonds is 15. The van der Waals surface area contributed by atoms with E-state index >= 15 is 0 Å². The third-order valence-corrected chi connectivity index (χ3v) is 5.76. The van der Waals surface area contributed by atoms with Crippen molar-refractivity contribution < 1.29 is 23.9 Å². The van der Waals surface area contributed by atoms with Crippen LogP contribution in [0.3, 0.4) is 0 Å². The van der Waals surface area contributed by atoms with Crippen molar-refractivity contribution in [2.45, 2.75) is 77.7 Å². The second-order valence-electron chi connectivity index (χ2n) is 10.2. The van der Waals surface area contributed by atoms with Gasteiger partial charge in [0.15, 0.2) is 0 Å². The lowest BCUT2D eigenvalue weighted by Crippen LogP contribution is -2.37. The lowest BCUT2D eigenvalue weighted by Gasteiger charge is -2.19. The van der Waals surface area contributed by atoms with Crippen LogP contribution in [0.1, 0.15) is 70.4 Å². The number of esters is 1. The average Bonchev–Trinajstić information content (AvgIpc) is 2.86. The third kappa shape index (κ3) is 13.1. The predicted octanol–water partition coefficient (Wildman–Crippen LogP) is 5.40. The minimum Gasteiger partial charge on any atom is -0.444 e. The summed E-state index contributed by atoms with van der Waals surface area (Å²) in [6.45, 7) is 6.15. The van der Waals surface area contributed by atoms with Gasteiger partial charge in [-0.05, 0) is 69.4 Å². The highest BCUT2D eigenvalue weighted by Crippen LogP contribution is 2.18. The van der Waals surface area contributed by atoms with E-state index in [0.717, 1.165) is 49.8 Å². The van der Waals surface area contributed by atoms with Crippen LogP contribution in [0.25, 0.3) is 0 Å². The molecule has 0 saturated heterocycles. The van der Waals surface area contributed by atoms with Gasteiger partial charge in [0.1, 0.15) is 11.4 Å². The number of nitrogens with one attached hydrogen (secondary N) is 3. The van der Waals surface area contributed by atoms with E-state index < -0.39 is 11.7 Å². The molecule has 0 radical (unpaired) electrons. The van der Waals surface area contributed by atoms with Crippen LogP contribution in [0, 0.1) is 0 Å². The Balaban J connectivity index is 1.51. The number of carbonyl (C=O) groups excluding carboxylic acids is 3. The average molecular weight is 526 g/mol. The second kappa shape index (κ2) is 16.3. The molecule has 0 fully saturated rings. The summed E-state index contributed by atoms with van der Waals surface area (Å²) in [5.41, 5.74) is 2.51. The molecule has 0 atom stereocenters. The van der Waals surface area contributed by atoms with Crippen molar-refractivity contribution in [1.82, 2.24) is 10.6 Å². The van der Waals surface area contributed by atoms with Gasteiger partial charge in [-0.3, -0.25) is 9.59 Å². The number of alkyl carbamates (subject to hydrolysis) is 1. The third-order valence-electron chi connectivity index (χ3n) is 5.76. The van der Waals surface area contributed by atoms with Gasteiger partial charge in [-0.15, -0.1) is 0 Å². The van der Waals surface area contributed by atoms with E-state index in [1.54, 1.807) is 20.8 Å². The van der Waals surface area contributed by atoms with Gasteiger partial charge in [-0.1, -0.05) is 49.6 Å². The maximum absolute atomic E-state index is 12.3. The van der Waals surface area contributed by atoms with Gasteiger partial charge in [-0.25, -0.2) is 4.79 Å². The van der Waals surface area contributed by atoms with Crippen LogP contribution in [0.4, 0.5) is 10.5 Å². The largest absolute Gasteiger partial charge is 0.444 e. The summed E-state index contributed by atoms with van der Waals surface area (Å²) in [5, 5.41) is 8.53. The van der Waals surface area contributed by atoms with E-state index in [1.807, 2.05) is 55.6 Å². The van der Waals surface area contributed by atoms with Crippen LogP contribution in [0.5, 0.6) is 5.75 Å². The summed E-state index contributed by atoms with van der Waals surface area (Å²) < 4.78 is 10.6. The molecule has 0 aliphatic carbocycles. The molecule has 2 aromatic carbocycles. The number of anilines is 1. The Labute approximate surface area is 226 Å². The number of hydrogen-bond donors (Lipinski definition) is 3. The molecule has 0 spiro atoms. The highest BCUT2D eigenvalue weighted by atomic mass is 16.6. The topological polar surface area (TPSA) is 106 Å². The van der Waals surface area contributed by atoms with Gasteiger partial charge in [0.05, 0.1) is 6.42 Å². The predicted molar refractivity (Wildman–Crippen MR) is 150 cm³/mol. The lowest BCUT2D eigenvalue weighted by atomic mass is 10.0. The Morgan fingerprint density at radius 1 is 0.816 bits per heavy atom. The first-order valence-corrected chi connectivity index (χ1v) is 13.4. The first-order valence-electron chi connectivity index (χ1n) is 13.4. The molecule has 208 valence electrons. The van der Waals surface area contributed by atoms with E-state index in [-0.39, 0.29) is 18.3 Å². The summed E-state index contributed by atoms with van der Waals surface area (Å²) in [4.78, 5) is 35.8. The van der Waals surface area contributed by atoms with E-state index in [9.17, 15) is 14.4 Å². The van der Waals surface area contributed by atoms with E-state index in [0.29, 0.717) is 25.3 Å². The Morgan fingerprint density at radius 2 is 1.47 bits per heavy atom. The van der Waals surface area contributed by atoms with E-state index in [1.165, 1.54) is 5.56 Å². The molecule has 0 heterocycles. The number of aryl methyl sites for hydroxylation is 1. The number of benzene rings is 2. The number of ether oxygens (including phenoxy) is 2. The fraction of sp³-hybridized carbons (Fsp3) is 0.500. The van der Waals surface area contributed by atoms with Crippen LogP contribution in [0.15, 0.2) is 48.5 Å². The normalized spacial score (nSPS) is 10.9. The summed E-state index contributed by atoms with van der Waals surface area (Å²) >= 11 is 0. The van der Waals surface area contributed by atoms with Gasteiger partial charge in [0.2, 0.25) is 5.91 Å². The monoisotopic (exact) mass is 525 g/mol. The van der Waals surface area contributed by atoms with Gasteiger partial charge in [-0.2, -0.15) is 0 Å². The first-order chi connectivity index (χ1) is 18.2. The van der Waals surface area contributed by atoms with Crippen molar-refractivity contribution in [2.75, 3.05) is 25.5 Å². The summed E-state index contributed by atoms with van der Waals surface area (Å²) in [5.74, 6) is 0.272. The highest BCUT2D eigenvalue weighted by molar-refractivity contribution is 5.77. The number of unbranched alkanes of at least 4 members (excludes halogenated alkanes) is 4. The molecule has 3 N–H and O–H groups in total. The minimum atomic E-state index is -0.533. The Bertz CT molecular complexity index is 1020. The quantitative estimate of drug-likeness (QED) is 0.163. The SMILES string of the molecule is CNc1ccccc1CC(=O)Oc1ccc(CCCCCCCC(=O)NCCNC(=O)OC(C)(C)C)cc1. The maximum Gasteiger partial charge on any atom is 0.407 e. The van der Waals surface area contributed by atoms with Crippen LogP contribution in [0.2, 0.25) is 0 Å². The fourth-order valence-corrected chi connectivity index (χ4v) is 3.88. The van der Waals surface area contributed by atoms with Crippen molar-refractivity contribution in [1.29, 1.82) is 0 Å². The minimum absolute atomic E-state index is 0.00279. The molecule has 0 unspecified atom stereocenters. The molecule has 2 rings (SSSR count). The Hall–Kier alpha value is -3.55. The fourth-order valence-electron chi connectivity index (χ4n) is 3.88. The van der Waals surface area contributed by atoms with E-state index in [2.05, 4.69) is 16.0 Å². The van der Waals surface area contributed by atoms with Crippen molar-refractivity contribution in [3.05, 3.63) is 59.7 Å². The molecular formula is C30H43N3O5. The second-order valence-corrected chi connectivity index (χ2v) is 10.2. The summed E-state index contributed by atoms with van der Waals surface area (Å²) in [6, 6.07) is 15.4. The number of para-hydroxylation sites is 1. The number of hydrogen-bond acceptors (Lipinski definition) is 6. The zero-order chi connectivity index (χ0) is 27.8. The lowest BCUT2D eigenvalue weighted by molar-refractivity contribution is -0.133. The van der Waals surface area contributed by atoms with Crippen molar-refractivity contribution in [3.63, 3.8) is 0 Å². The molecule has 0 aromatic heterocycles. The van der Waals surface area contributed by atoms with Gasteiger partial charge < -0.3 is 25.4 Å². The maximum atomic E-state index is 12.3. The van der Waals surface area contributed by atoms with Crippen molar-refractivity contribution >= 4 is 23.7 Å². The molecule has 0 bridgehead atoms. The van der Waals surface area contributed by atoms with Gasteiger partial charge in [0.25, 0.3) is 0 Å². The molecule has 0 saturated carbocycles. The molecule has 38 heavy (non-hydrogen) atoms. The smallest absolute Gasteiger partial charge is 0.407 e. The Morgan fingerprint density at radius 3 is 2.18 bits per heavy atom. The Kier molecular flexibility index (Phi) is 13.2. The number of amides is 2. The molecule has 8 nitrogen and oxygen atoms in total. The molecule has 2 aromatic rings. The highest BCUT2D eigenvalue weighted by Gasteiger charge is 2.15. The van der Waals surface area contributed by atoms with Gasteiger partial charge in [0, 0.05) is 32.2 Å². The summed E-state index contributed by atoms with van der Waals surface area (Å²) in [6.07, 6.45) is 6.31. The molecular weight excluding hydrogens is 482 g/mol. The van der Waals surface area contributed by atoms with Crippen LogP contribution >= 0.6 is 0 Å². The molecule has 8 heteroatoms. The van der Waals surface area contributed by atoms with Crippen molar-refractivity contribution in [3.8, 4) is 5.75 Å². The van der Waals surface area contributed by atoms with Crippen LogP contribution < -0.4 is 20.7 Å².